The Kier molecular flexibility index (Phi) is 4.73. The van der Waals surface area contributed by atoms with Gasteiger partial charge < -0.3 is 14.5 Å². The molecular weight excluding hydrogens is 318 g/mol. The van der Waals surface area contributed by atoms with Crippen molar-refractivity contribution in [1.82, 2.24) is 9.80 Å². The number of likely N-dealkylation sites (N-methyl/N-ethyl adjacent to an activating group) is 1. The molecule has 136 valence electrons. The van der Waals surface area contributed by atoms with Gasteiger partial charge >= 0.3 is 0 Å². The molecule has 2 saturated heterocycles. The molecule has 25 heavy (non-hydrogen) atoms. The fourth-order valence-electron chi connectivity index (χ4n) is 3.65. The Bertz CT molecular complexity index is 674. The van der Waals surface area contributed by atoms with Gasteiger partial charge in [-0.05, 0) is 33.0 Å². The lowest BCUT2D eigenvalue weighted by molar-refractivity contribution is -0.140. The topological polar surface area (TPSA) is 53.1 Å². The van der Waals surface area contributed by atoms with Gasteiger partial charge in [0.05, 0.1) is 18.7 Å². The van der Waals surface area contributed by atoms with Crippen molar-refractivity contribution in [2.24, 2.45) is 5.92 Å². The number of benzene rings is 1. The van der Waals surface area contributed by atoms with Crippen molar-refractivity contribution in [2.75, 3.05) is 45.2 Å². The number of anilines is 1. The van der Waals surface area contributed by atoms with E-state index in [1.54, 1.807) is 12.0 Å². The molecule has 0 spiro atoms. The molecule has 6 heteroatoms. The van der Waals surface area contributed by atoms with E-state index in [-0.39, 0.29) is 29.7 Å². The highest BCUT2D eigenvalue weighted by Gasteiger charge is 2.41. The van der Waals surface area contributed by atoms with E-state index in [4.69, 9.17) is 4.74 Å². The summed E-state index contributed by atoms with van der Waals surface area (Å²) in [6.45, 7) is 6.99. The van der Waals surface area contributed by atoms with Gasteiger partial charge in [0, 0.05) is 38.1 Å². The quantitative estimate of drug-likeness (QED) is 0.835. The first-order valence-electron chi connectivity index (χ1n) is 8.77. The highest BCUT2D eigenvalue weighted by Crippen LogP contribution is 2.33. The van der Waals surface area contributed by atoms with E-state index >= 15 is 0 Å². The minimum atomic E-state index is -0.281. The van der Waals surface area contributed by atoms with Gasteiger partial charge in [0.2, 0.25) is 11.8 Å². The molecule has 0 aromatic heterocycles. The molecule has 0 N–H and O–H groups in total. The average Bonchev–Trinajstić information content (AvgIpc) is 2.98. The number of amides is 2. The Balaban J connectivity index is 1.73. The molecule has 0 aliphatic carbocycles. The van der Waals surface area contributed by atoms with Crippen LogP contribution in [0.25, 0.3) is 0 Å². The summed E-state index contributed by atoms with van der Waals surface area (Å²) in [5, 5.41) is 0. The number of para-hydroxylation sites is 2. The fourth-order valence-corrected chi connectivity index (χ4v) is 3.65. The van der Waals surface area contributed by atoms with Crippen LogP contribution in [0.15, 0.2) is 24.3 Å². The van der Waals surface area contributed by atoms with Crippen LogP contribution in [-0.2, 0) is 9.59 Å². The van der Waals surface area contributed by atoms with Gasteiger partial charge in [-0.2, -0.15) is 0 Å². The van der Waals surface area contributed by atoms with Crippen LogP contribution >= 0.6 is 0 Å². The summed E-state index contributed by atoms with van der Waals surface area (Å²) in [7, 11) is 3.68. The van der Waals surface area contributed by atoms with Crippen LogP contribution in [-0.4, -0.2) is 67.5 Å². The lowest BCUT2D eigenvalue weighted by Gasteiger charge is -2.45. The van der Waals surface area contributed by atoms with Crippen LogP contribution in [0.5, 0.6) is 5.75 Å². The van der Waals surface area contributed by atoms with E-state index in [0.29, 0.717) is 18.8 Å². The Morgan fingerprint density at radius 2 is 1.96 bits per heavy atom. The standard InChI is InChI=1S/C19H27N3O3/c1-19(2)13-21(10-9-20(19)3)18(24)14-11-17(23)22(12-14)15-7-5-6-8-16(15)25-4/h5-8,14H,9-13H2,1-4H3. The third-order valence-corrected chi connectivity index (χ3v) is 5.48. The lowest BCUT2D eigenvalue weighted by atomic mass is 9.97. The van der Waals surface area contributed by atoms with Crippen molar-refractivity contribution in [1.29, 1.82) is 0 Å². The third kappa shape index (κ3) is 3.35. The number of rotatable bonds is 3. The number of carbonyl (C=O) groups excluding carboxylic acids is 2. The second-order valence-electron chi connectivity index (χ2n) is 7.57. The maximum atomic E-state index is 13.0. The smallest absolute Gasteiger partial charge is 0.228 e. The molecule has 6 nitrogen and oxygen atoms in total. The first-order chi connectivity index (χ1) is 11.8. The average molecular weight is 345 g/mol. The highest BCUT2D eigenvalue weighted by molar-refractivity contribution is 6.01. The van der Waals surface area contributed by atoms with E-state index in [1.165, 1.54) is 0 Å². The fraction of sp³-hybridized carbons (Fsp3) is 0.579. The predicted molar refractivity (Wildman–Crippen MR) is 96.7 cm³/mol. The molecule has 2 aliphatic heterocycles. The summed E-state index contributed by atoms with van der Waals surface area (Å²) in [4.78, 5) is 31.4. The number of ether oxygens (including phenoxy) is 1. The van der Waals surface area contributed by atoms with Crippen molar-refractivity contribution in [3.05, 3.63) is 24.3 Å². The number of hydrogen-bond donors (Lipinski definition) is 0. The van der Waals surface area contributed by atoms with Crippen molar-refractivity contribution in [3.8, 4) is 5.75 Å². The van der Waals surface area contributed by atoms with Crippen LogP contribution in [0.4, 0.5) is 5.69 Å². The van der Waals surface area contributed by atoms with Gasteiger partial charge in [-0.1, -0.05) is 12.1 Å². The molecule has 0 bridgehead atoms. The Morgan fingerprint density at radius 3 is 2.64 bits per heavy atom. The predicted octanol–water partition coefficient (Wildman–Crippen LogP) is 1.60. The van der Waals surface area contributed by atoms with E-state index < -0.39 is 0 Å². The monoisotopic (exact) mass is 345 g/mol. The molecular formula is C19H27N3O3. The molecule has 0 saturated carbocycles. The summed E-state index contributed by atoms with van der Waals surface area (Å²) in [6, 6.07) is 7.45. The summed E-state index contributed by atoms with van der Waals surface area (Å²) in [5.41, 5.74) is 0.697. The lowest BCUT2D eigenvalue weighted by Crippen LogP contribution is -2.59. The zero-order chi connectivity index (χ0) is 18.2. The zero-order valence-corrected chi connectivity index (χ0v) is 15.5. The van der Waals surface area contributed by atoms with E-state index in [0.717, 1.165) is 18.8 Å². The number of piperazine rings is 1. The van der Waals surface area contributed by atoms with Crippen molar-refractivity contribution in [3.63, 3.8) is 0 Å². The van der Waals surface area contributed by atoms with Gasteiger partial charge in [-0.15, -0.1) is 0 Å². The summed E-state index contributed by atoms with van der Waals surface area (Å²) in [5.74, 6) is 0.449. The van der Waals surface area contributed by atoms with Gasteiger partial charge in [0.25, 0.3) is 0 Å². The largest absolute Gasteiger partial charge is 0.495 e. The highest BCUT2D eigenvalue weighted by atomic mass is 16.5. The maximum absolute atomic E-state index is 13.0. The summed E-state index contributed by atoms with van der Waals surface area (Å²) < 4.78 is 5.36. The summed E-state index contributed by atoms with van der Waals surface area (Å²) in [6.07, 6.45) is 0.268. The van der Waals surface area contributed by atoms with Crippen LogP contribution in [0.1, 0.15) is 20.3 Å². The van der Waals surface area contributed by atoms with E-state index in [9.17, 15) is 9.59 Å². The first kappa shape index (κ1) is 17.7. The Labute approximate surface area is 149 Å². The first-order valence-corrected chi connectivity index (χ1v) is 8.77. The maximum Gasteiger partial charge on any atom is 0.228 e. The normalized spacial score (nSPS) is 23.8. The molecule has 2 amide bonds. The number of carbonyl (C=O) groups is 2. The van der Waals surface area contributed by atoms with E-state index in [1.807, 2.05) is 29.2 Å². The molecule has 1 atom stereocenters. The molecule has 1 aromatic carbocycles. The van der Waals surface area contributed by atoms with Crippen LogP contribution in [0.2, 0.25) is 0 Å². The van der Waals surface area contributed by atoms with Gasteiger partial charge in [-0.3, -0.25) is 14.5 Å². The SMILES string of the molecule is COc1ccccc1N1CC(C(=O)N2CCN(C)C(C)(C)C2)CC1=O. The van der Waals surface area contributed by atoms with Crippen molar-refractivity contribution >= 4 is 17.5 Å². The van der Waals surface area contributed by atoms with Gasteiger partial charge in [0.1, 0.15) is 5.75 Å². The minimum absolute atomic E-state index is 0.0174. The molecule has 0 radical (unpaired) electrons. The van der Waals surface area contributed by atoms with E-state index in [2.05, 4.69) is 25.8 Å². The minimum Gasteiger partial charge on any atom is -0.495 e. The molecule has 2 fully saturated rings. The summed E-state index contributed by atoms with van der Waals surface area (Å²) >= 11 is 0. The van der Waals surface area contributed by atoms with Crippen LogP contribution < -0.4 is 9.64 Å². The van der Waals surface area contributed by atoms with Gasteiger partial charge in [0.15, 0.2) is 0 Å². The van der Waals surface area contributed by atoms with Crippen LogP contribution in [0, 0.1) is 5.92 Å². The Hall–Kier alpha value is -2.08. The number of hydrogen-bond acceptors (Lipinski definition) is 4. The molecule has 1 unspecified atom stereocenters. The second kappa shape index (κ2) is 6.67. The van der Waals surface area contributed by atoms with Crippen LogP contribution in [0.3, 0.4) is 0 Å². The third-order valence-electron chi connectivity index (χ3n) is 5.48. The van der Waals surface area contributed by atoms with Gasteiger partial charge in [-0.25, -0.2) is 0 Å². The zero-order valence-electron chi connectivity index (χ0n) is 15.5. The molecule has 2 heterocycles. The van der Waals surface area contributed by atoms with Crippen molar-refractivity contribution < 1.29 is 14.3 Å². The second-order valence-corrected chi connectivity index (χ2v) is 7.57. The number of methoxy groups -OCH3 is 1. The molecule has 1 aromatic rings. The molecule has 2 aliphatic rings. The van der Waals surface area contributed by atoms with Crippen molar-refractivity contribution in [2.45, 2.75) is 25.8 Å². The molecule has 3 rings (SSSR count). The Morgan fingerprint density at radius 1 is 1.24 bits per heavy atom. The number of nitrogens with zero attached hydrogens (tertiary/aromatic N) is 3.